The standard InChI is InChI=1S/C44H24N4/c1-5-25-12-13-26-7-3-11-35-36-22-31(21-30-17-14-27-6-2-10-34(39(27)41(30)36)33(9-1)38(25)40(26)35)32-23-46-44(47-24-32)37-19-18-29-16-15-28-8-4-20-45-42(28)43(29)48-37/h1-24H. The lowest BCUT2D eigenvalue weighted by atomic mass is 9.87. The molecular weight excluding hydrogens is 585 g/mol. The zero-order chi connectivity index (χ0) is 31.3. The van der Waals surface area contributed by atoms with Crippen molar-refractivity contribution in [3.05, 3.63) is 146 Å². The average molecular weight is 609 g/mol. The predicted molar refractivity (Wildman–Crippen MR) is 200 cm³/mol. The minimum absolute atomic E-state index is 0.590. The molecule has 0 amide bonds. The zero-order valence-corrected chi connectivity index (χ0v) is 25.6. The summed E-state index contributed by atoms with van der Waals surface area (Å²) in [4.78, 5) is 19.3. The number of benzene rings is 7. The molecule has 8 aromatic carbocycles. The maximum absolute atomic E-state index is 4.97. The summed E-state index contributed by atoms with van der Waals surface area (Å²) in [7, 11) is 0. The zero-order valence-electron chi connectivity index (χ0n) is 25.6. The molecule has 0 aliphatic heterocycles. The number of fused-ring (bicyclic) bond motifs is 5. The van der Waals surface area contributed by atoms with Crippen LogP contribution < -0.4 is 0 Å². The van der Waals surface area contributed by atoms with Crippen molar-refractivity contribution in [2.24, 2.45) is 0 Å². The summed E-state index contributed by atoms with van der Waals surface area (Å²) < 4.78 is 0. The molecule has 0 N–H and O–H groups in total. The van der Waals surface area contributed by atoms with E-state index in [0.29, 0.717) is 5.82 Å². The van der Waals surface area contributed by atoms with Crippen molar-refractivity contribution >= 4 is 86.4 Å². The normalized spacial score (nSPS) is 12.2. The first-order chi connectivity index (χ1) is 23.8. The average Bonchev–Trinajstić information content (AvgIpc) is 3.15. The second-order valence-electron chi connectivity index (χ2n) is 12.7. The predicted octanol–water partition coefficient (Wildman–Crippen LogP) is 11.3. The largest absolute Gasteiger partial charge is 0.254 e. The molecule has 4 heteroatoms. The molecule has 0 fully saturated rings. The summed E-state index contributed by atoms with van der Waals surface area (Å²) in [5, 5.41) is 17.3. The lowest BCUT2D eigenvalue weighted by molar-refractivity contribution is 1.15. The van der Waals surface area contributed by atoms with Crippen molar-refractivity contribution in [2.75, 3.05) is 0 Å². The second kappa shape index (κ2) is 9.50. The number of aromatic nitrogens is 4. The van der Waals surface area contributed by atoms with Gasteiger partial charge in [-0.1, -0.05) is 103 Å². The Morgan fingerprint density at radius 1 is 0.354 bits per heavy atom. The molecule has 48 heavy (non-hydrogen) atoms. The molecule has 0 unspecified atom stereocenters. The van der Waals surface area contributed by atoms with Crippen LogP contribution in [0.3, 0.4) is 0 Å². The van der Waals surface area contributed by atoms with Crippen LogP contribution in [0.5, 0.6) is 0 Å². The van der Waals surface area contributed by atoms with Crippen LogP contribution in [0.25, 0.3) is 109 Å². The van der Waals surface area contributed by atoms with Gasteiger partial charge in [-0.25, -0.2) is 15.0 Å². The van der Waals surface area contributed by atoms with Crippen LogP contribution in [0.4, 0.5) is 0 Å². The third kappa shape index (κ3) is 3.54. The van der Waals surface area contributed by atoms with Crippen molar-refractivity contribution in [1.29, 1.82) is 0 Å². The molecule has 0 spiro atoms. The van der Waals surface area contributed by atoms with Gasteiger partial charge in [-0.3, -0.25) is 4.98 Å². The van der Waals surface area contributed by atoms with Crippen molar-refractivity contribution in [3.63, 3.8) is 0 Å². The molecular formula is C44H24N4. The Labute approximate surface area is 274 Å². The summed E-state index contributed by atoms with van der Waals surface area (Å²) in [6.45, 7) is 0. The molecule has 11 rings (SSSR count). The monoisotopic (exact) mass is 608 g/mol. The van der Waals surface area contributed by atoms with Crippen LogP contribution in [-0.2, 0) is 0 Å². The van der Waals surface area contributed by atoms with Crippen molar-refractivity contribution in [3.8, 4) is 22.6 Å². The lowest BCUT2D eigenvalue weighted by Crippen LogP contribution is -1.94. The van der Waals surface area contributed by atoms with E-state index in [4.69, 9.17) is 15.0 Å². The van der Waals surface area contributed by atoms with E-state index in [-0.39, 0.29) is 0 Å². The molecule has 4 nitrogen and oxygen atoms in total. The first-order valence-corrected chi connectivity index (χ1v) is 16.2. The summed E-state index contributed by atoms with van der Waals surface area (Å²) in [6, 6.07) is 46.0. The molecule has 220 valence electrons. The highest BCUT2D eigenvalue weighted by Gasteiger charge is 2.17. The van der Waals surface area contributed by atoms with Gasteiger partial charge in [-0.2, -0.15) is 0 Å². The van der Waals surface area contributed by atoms with Gasteiger partial charge in [0.1, 0.15) is 5.69 Å². The van der Waals surface area contributed by atoms with Crippen molar-refractivity contribution in [1.82, 2.24) is 19.9 Å². The highest BCUT2D eigenvalue weighted by atomic mass is 14.9. The van der Waals surface area contributed by atoms with E-state index in [1.54, 1.807) is 0 Å². The molecule has 0 atom stereocenters. The van der Waals surface area contributed by atoms with Crippen molar-refractivity contribution in [2.45, 2.75) is 0 Å². The molecule has 0 aliphatic carbocycles. The van der Waals surface area contributed by atoms with Gasteiger partial charge in [0.2, 0.25) is 0 Å². The molecule has 3 heterocycles. The van der Waals surface area contributed by atoms with Crippen LogP contribution in [-0.4, -0.2) is 19.9 Å². The van der Waals surface area contributed by atoms with E-state index < -0.39 is 0 Å². The van der Waals surface area contributed by atoms with Gasteiger partial charge in [-0.15, -0.1) is 0 Å². The fraction of sp³-hybridized carbons (Fsp3) is 0. The Kier molecular flexibility index (Phi) is 5.08. The molecule has 0 saturated heterocycles. The Morgan fingerprint density at radius 2 is 0.875 bits per heavy atom. The maximum atomic E-state index is 4.97. The Balaban J connectivity index is 1.17. The number of rotatable bonds is 2. The fourth-order valence-electron chi connectivity index (χ4n) is 7.91. The minimum Gasteiger partial charge on any atom is -0.254 e. The van der Waals surface area contributed by atoms with Gasteiger partial charge in [0.25, 0.3) is 0 Å². The van der Waals surface area contributed by atoms with Gasteiger partial charge < -0.3 is 0 Å². The number of hydrogen-bond acceptors (Lipinski definition) is 4. The second-order valence-corrected chi connectivity index (χ2v) is 12.7. The van der Waals surface area contributed by atoms with Crippen LogP contribution >= 0.6 is 0 Å². The lowest BCUT2D eigenvalue weighted by Gasteiger charge is -2.17. The molecule has 0 aliphatic rings. The van der Waals surface area contributed by atoms with Gasteiger partial charge >= 0.3 is 0 Å². The van der Waals surface area contributed by atoms with Crippen LogP contribution in [0.2, 0.25) is 0 Å². The van der Waals surface area contributed by atoms with Crippen LogP contribution in [0.15, 0.2) is 146 Å². The topological polar surface area (TPSA) is 51.6 Å². The van der Waals surface area contributed by atoms with E-state index >= 15 is 0 Å². The molecule has 0 bridgehead atoms. The smallest absolute Gasteiger partial charge is 0.178 e. The first-order valence-electron chi connectivity index (χ1n) is 16.2. The molecule has 0 radical (unpaired) electrons. The van der Waals surface area contributed by atoms with E-state index in [9.17, 15) is 0 Å². The SMILES string of the molecule is c1cnc2c(c1)ccc1ccc(-c3ncc(-c4cc5ccc6cccc7c8cccc9ccc%10cccc(c(c4)c5c67)c%10c98)cn3)nc12. The van der Waals surface area contributed by atoms with E-state index in [1.807, 2.05) is 30.7 Å². The Morgan fingerprint density at radius 3 is 1.54 bits per heavy atom. The maximum Gasteiger partial charge on any atom is 0.178 e. The highest BCUT2D eigenvalue weighted by molar-refractivity contribution is 6.37. The Hall–Kier alpha value is -6.52. The molecule has 11 aromatic rings. The van der Waals surface area contributed by atoms with Crippen LogP contribution in [0.1, 0.15) is 0 Å². The number of nitrogens with zero attached hydrogens (tertiary/aromatic N) is 4. The Bertz CT molecular complexity index is 3100. The molecule has 3 aromatic heterocycles. The minimum atomic E-state index is 0.590. The highest BCUT2D eigenvalue weighted by Crippen LogP contribution is 2.44. The third-order valence-electron chi connectivity index (χ3n) is 10.1. The first kappa shape index (κ1) is 25.6. The summed E-state index contributed by atoms with van der Waals surface area (Å²) in [6.07, 6.45) is 5.66. The van der Waals surface area contributed by atoms with Gasteiger partial charge in [0.05, 0.1) is 11.0 Å². The summed E-state index contributed by atoms with van der Waals surface area (Å²) in [5.74, 6) is 0.590. The van der Waals surface area contributed by atoms with E-state index in [2.05, 4.69) is 120 Å². The quantitative estimate of drug-likeness (QED) is 0.183. The van der Waals surface area contributed by atoms with E-state index in [0.717, 1.165) is 38.6 Å². The number of hydrogen-bond donors (Lipinski definition) is 0. The van der Waals surface area contributed by atoms with Gasteiger partial charge in [0.15, 0.2) is 5.82 Å². The van der Waals surface area contributed by atoms with Gasteiger partial charge in [-0.05, 0) is 94.5 Å². The van der Waals surface area contributed by atoms with E-state index in [1.165, 1.54) is 64.6 Å². The fourth-order valence-corrected chi connectivity index (χ4v) is 7.91. The van der Waals surface area contributed by atoms with Crippen LogP contribution in [0, 0.1) is 0 Å². The summed E-state index contributed by atoms with van der Waals surface area (Å²) >= 11 is 0. The molecule has 0 saturated carbocycles. The van der Waals surface area contributed by atoms with Crippen molar-refractivity contribution < 1.29 is 0 Å². The third-order valence-corrected chi connectivity index (χ3v) is 10.1. The van der Waals surface area contributed by atoms with Gasteiger partial charge in [0, 0.05) is 34.9 Å². The summed E-state index contributed by atoms with van der Waals surface area (Å²) in [5.41, 5.74) is 4.52. The number of pyridine rings is 2.